The van der Waals surface area contributed by atoms with Crippen LogP contribution in [0.25, 0.3) is 0 Å². The second kappa shape index (κ2) is 6.24. The van der Waals surface area contributed by atoms with Crippen LogP contribution in [0.5, 0.6) is 0 Å². The van der Waals surface area contributed by atoms with Crippen molar-refractivity contribution in [2.75, 3.05) is 39.3 Å². The lowest BCUT2D eigenvalue weighted by molar-refractivity contribution is 0.287. The number of hydrogen-bond acceptors (Lipinski definition) is 4. The summed E-state index contributed by atoms with van der Waals surface area (Å²) >= 11 is 0. The largest absolute Gasteiger partial charge is 0.356 e. The first kappa shape index (κ1) is 12.7. The predicted molar refractivity (Wildman–Crippen MR) is 72.3 cm³/mol. The molecule has 4 nitrogen and oxygen atoms in total. The van der Waals surface area contributed by atoms with Crippen LogP contribution in [-0.4, -0.2) is 50.1 Å². The molecule has 0 aromatic carbocycles. The molecule has 0 aliphatic carbocycles. The molecule has 1 fully saturated rings. The van der Waals surface area contributed by atoms with Crippen LogP contribution in [0, 0.1) is 11.8 Å². The van der Waals surface area contributed by atoms with E-state index >= 15 is 0 Å². The quantitative estimate of drug-likeness (QED) is 0.764. The summed E-state index contributed by atoms with van der Waals surface area (Å²) in [5, 5.41) is 6.76. The number of rotatable bonds is 4. The van der Waals surface area contributed by atoms with E-state index in [4.69, 9.17) is 0 Å². The van der Waals surface area contributed by atoms with Crippen LogP contribution < -0.4 is 10.6 Å². The van der Waals surface area contributed by atoms with Crippen molar-refractivity contribution in [3.05, 3.63) is 0 Å². The minimum atomic E-state index is 0.783. The van der Waals surface area contributed by atoms with Gasteiger partial charge in [-0.3, -0.25) is 4.99 Å². The number of hydrogen-bond donors (Lipinski definition) is 2. The molecule has 0 saturated carbocycles. The summed E-state index contributed by atoms with van der Waals surface area (Å²) in [6.07, 6.45) is 2.49. The van der Waals surface area contributed by atoms with Crippen LogP contribution in [0.3, 0.4) is 0 Å². The third kappa shape index (κ3) is 4.19. The normalized spacial score (nSPS) is 25.8. The molecule has 98 valence electrons. The average Bonchev–Trinajstić information content (AvgIpc) is 2.75. The van der Waals surface area contributed by atoms with Gasteiger partial charge in [0.15, 0.2) is 5.96 Å². The van der Waals surface area contributed by atoms with Gasteiger partial charge >= 0.3 is 0 Å². The Kier molecular flexibility index (Phi) is 4.66. The number of aliphatic imine (C=N–C) groups is 1. The SMILES string of the molecule is CC(C)CN1CCC(CNC2=NCCCN2)C1. The van der Waals surface area contributed by atoms with Crippen LogP contribution in [0.4, 0.5) is 0 Å². The molecule has 0 spiro atoms. The first-order chi connectivity index (χ1) is 8.24. The average molecular weight is 238 g/mol. The van der Waals surface area contributed by atoms with Crippen molar-refractivity contribution in [3.63, 3.8) is 0 Å². The molecule has 2 N–H and O–H groups in total. The second-order valence-corrected chi connectivity index (χ2v) is 5.70. The first-order valence-corrected chi connectivity index (χ1v) is 6.98. The molecule has 4 heteroatoms. The molecular formula is C13H26N4. The van der Waals surface area contributed by atoms with Crippen molar-refractivity contribution in [1.82, 2.24) is 15.5 Å². The summed E-state index contributed by atoms with van der Waals surface area (Å²) in [7, 11) is 0. The molecule has 0 amide bonds. The fraction of sp³-hybridized carbons (Fsp3) is 0.923. The zero-order valence-corrected chi connectivity index (χ0v) is 11.2. The summed E-state index contributed by atoms with van der Waals surface area (Å²) in [4.78, 5) is 7.03. The summed E-state index contributed by atoms with van der Waals surface area (Å²) in [6.45, 7) is 11.5. The molecule has 2 aliphatic heterocycles. The van der Waals surface area contributed by atoms with E-state index in [0.717, 1.165) is 43.9 Å². The van der Waals surface area contributed by atoms with Gasteiger partial charge in [0.1, 0.15) is 0 Å². The van der Waals surface area contributed by atoms with Crippen LogP contribution in [-0.2, 0) is 0 Å². The number of nitrogens with one attached hydrogen (secondary N) is 2. The lowest BCUT2D eigenvalue weighted by Gasteiger charge is -2.20. The minimum Gasteiger partial charge on any atom is -0.356 e. The standard InChI is InChI=1S/C13H26N4/c1-11(2)9-17-7-4-12(10-17)8-16-13-14-5-3-6-15-13/h11-12H,3-10H2,1-2H3,(H2,14,15,16). The van der Waals surface area contributed by atoms with E-state index in [9.17, 15) is 0 Å². The number of guanidine groups is 1. The van der Waals surface area contributed by atoms with Gasteiger partial charge in [-0.15, -0.1) is 0 Å². The predicted octanol–water partition coefficient (Wildman–Crippen LogP) is 0.903. The smallest absolute Gasteiger partial charge is 0.191 e. The number of nitrogens with zero attached hydrogens (tertiary/aromatic N) is 2. The highest BCUT2D eigenvalue weighted by atomic mass is 15.2. The van der Waals surface area contributed by atoms with E-state index in [1.54, 1.807) is 0 Å². The molecule has 17 heavy (non-hydrogen) atoms. The Bertz CT molecular complexity index is 262. The van der Waals surface area contributed by atoms with Gasteiger partial charge in [0, 0.05) is 32.7 Å². The Morgan fingerprint density at radius 3 is 3.12 bits per heavy atom. The molecular weight excluding hydrogens is 212 g/mol. The van der Waals surface area contributed by atoms with Crippen molar-refractivity contribution >= 4 is 5.96 Å². The molecule has 1 unspecified atom stereocenters. The second-order valence-electron chi connectivity index (χ2n) is 5.70. The van der Waals surface area contributed by atoms with Crippen molar-refractivity contribution in [2.24, 2.45) is 16.8 Å². The maximum Gasteiger partial charge on any atom is 0.191 e. The molecule has 1 saturated heterocycles. The molecule has 2 aliphatic rings. The third-order valence-electron chi connectivity index (χ3n) is 3.45. The van der Waals surface area contributed by atoms with E-state index < -0.39 is 0 Å². The summed E-state index contributed by atoms with van der Waals surface area (Å²) in [6, 6.07) is 0. The van der Waals surface area contributed by atoms with Crippen molar-refractivity contribution in [1.29, 1.82) is 0 Å². The highest BCUT2D eigenvalue weighted by Crippen LogP contribution is 2.16. The fourth-order valence-corrected chi connectivity index (χ4v) is 2.65. The summed E-state index contributed by atoms with van der Waals surface area (Å²) < 4.78 is 0. The highest BCUT2D eigenvalue weighted by molar-refractivity contribution is 5.80. The maximum absolute atomic E-state index is 4.44. The summed E-state index contributed by atoms with van der Waals surface area (Å²) in [5.74, 6) is 2.59. The Balaban J connectivity index is 1.65. The van der Waals surface area contributed by atoms with Gasteiger partial charge in [0.2, 0.25) is 0 Å². The van der Waals surface area contributed by atoms with Gasteiger partial charge in [-0.25, -0.2) is 0 Å². The van der Waals surface area contributed by atoms with Crippen molar-refractivity contribution < 1.29 is 0 Å². The molecule has 1 atom stereocenters. The van der Waals surface area contributed by atoms with Gasteiger partial charge in [0.05, 0.1) is 0 Å². The van der Waals surface area contributed by atoms with Crippen LogP contribution >= 0.6 is 0 Å². The van der Waals surface area contributed by atoms with Gasteiger partial charge in [-0.2, -0.15) is 0 Å². The van der Waals surface area contributed by atoms with E-state index in [-0.39, 0.29) is 0 Å². The minimum absolute atomic E-state index is 0.783. The number of likely N-dealkylation sites (tertiary alicyclic amines) is 1. The fourth-order valence-electron chi connectivity index (χ4n) is 2.65. The molecule has 2 rings (SSSR count). The van der Waals surface area contributed by atoms with Crippen molar-refractivity contribution in [3.8, 4) is 0 Å². The molecule has 0 aromatic heterocycles. The molecule has 0 bridgehead atoms. The Morgan fingerprint density at radius 1 is 1.53 bits per heavy atom. The van der Waals surface area contributed by atoms with E-state index in [2.05, 4.69) is 34.4 Å². The van der Waals surface area contributed by atoms with E-state index in [1.165, 1.54) is 26.1 Å². The van der Waals surface area contributed by atoms with Gasteiger partial charge in [0.25, 0.3) is 0 Å². The molecule has 0 radical (unpaired) electrons. The monoisotopic (exact) mass is 238 g/mol. The van der Waals surface area contributed by atoms with Crippen molar-refractivity contribution in [2.45, 2.75) is 26.7 Å². The van der Waals surface area contributed by atoms with Gasteiger partial charge in [-0.05, 0) is 31.2 Å². The Labute approximate surface area is 105 Å². The zero-order chi connectivity index (χ0) is 12.1. The third-order valence-corrected chi connectivity index (χ3v) is 3.45. The topological polar surface area (TPSA) is 39.7 Å². The lowest BCUT2D eigenvalue weighted by atomic mass is 10.1. The molecule has 0 aromatic rings. The Hall–Kier alpha value is -0.770. The lowest BCUT2D eigenvalue weighted by Crippen LogP contribution is -2.43. The van der Waals surface area contributed by atoms with Gasteiger partial charge < -0.3 is 15.5 Å². The highest BCUT2D eigenvalue weighted by Gasteiger charge is 2.22. The maximum atomic E-state index is 4.44. The van der Waals surface area contributed by atoms with Crippen LogP contribution in [0.2, 0.25) is 0 Å². The first-order valence-electron chi connectivity index (χ1n) is 6.98. The van der Waals surface area contributed by atoms with Crippen LogP contribution in [0.15, 0.2) is 4.99 Å². The summed E-state index contributed by atoms with van der Waals surface area (Å²) in [5.41, 5.74) is 0. The van der Waals surface area contributed by atoms with E-state index in [1.807, 2.05) is 0 Å². The van der Waals surface area contributed by atoms with E-state index in [0.29, 0.717) is 0 Å². The molecule has 2 heterocycles. The zero-order valence-electron chi connectivity index (χ0n) is 11.2. The van der Waals surface area contributed by atoms with Gasteiger partial charge in [-0.1, -0.05) is 13.8 Å². The van der Waals surface area contributed by atoms with Crippen LogP contribution in [0.1, 0.15) is 26.7 Å². The Morgan fingerprint density at radius 2 is 2.41 bits per heavy atom.